The van der Waals surface area contributed by atoms with Crippen LogP contribution in [0.3, 0.4) is 0 Å². The first kappa shape index (κ1) is 10.9. The van der Waals surface area contributed by atoms with Gasteiger partial charge in [-0.25, -0.2) is 12.7 Å². The van der Waals surface area contributed by atoms with Crippen LogP contribution in [0.1, 0.15) is 33.1 Å². The fourth-order valence-electron chi connectivity index (χ4n) is 1.92. The van der Waals surface area contributed by atoms with Gasteiger partial charge in [0.25, 0.3) is 15.9 Å². The van der Waals surface area contributed by atoms with E-state index >= 15 is 0 Å². The Hall–Kier alpha value is -0.620. The predicted octanol–water partition coefficient (Wildman–Crippen LogP) is -0.148. The first-order chi connectivity index (χ1) is 6.71. The van der Waals surface area contributed by atoms with E-state index in [0.29, 0.717) is 12.8 Å². The highest BCUT2D eigenvalue weighted by Crippen LogP contribution is 2.40. The van der Waals surface area contributed by atoms with E-state index in [1.54, 1.807) is 0 Å². The van der Waals surface area contributed by atoms with E-state index in [2.05, 4.69) is 0 Å². The topological polar surface area (TPSA) is 74.7 Å². The molecular weight excluding hydrogens is 218 g/mol. The average Bonchev–Trinajstić information content (AvgIpc) is 2.09. The lowest BCUT2D eigenvalue weighted by atomic mass is 9.80. The summed E-state index contributed by atoms with van der Waals surface area (Å²) in [6.45, 7) is 2.72. The maximum absolute atomic E-state index is 11.7. The van der Waals surface area contributed by atoms with Gasteiger partial charge in [0.1, 0.15) is 0 Å². The smallest absolute Gasteiger partial charge is 0.258 e. The highest BCUT2D eigenvalue weighted by atomic mass is 32.2. The van der Waals surface area contributed by atoms with Crippen molar-refractivity contribution in [3.63, 3.8) is 0 Å². The average molecular weight is 233 g/mol. The van der Waals surface area contributed by atoms with Crippen LogP contribution in [-0.2, 0) is 14.8 Å². The Morgan fingerprint density at radius 2 is 1.93 bits per heavy atom. The van der Waals surface area contributed by atoms with Crippen molar-refractivity contribution in [3.05, 3.63) is 0 Å². The Bertz CT molecular complexity index is 408. The zero-order valence-electron chi connectivity index (χ0n) is 8.86. The van der Waals surface area contributed by atoms with Gasteiger partial charge in [0.15, 0.2) is 4.75 Å². The molecule has 0 aromatic carbocycles. The van der Waals surface area contributed by atoms with Crippen molar-refractivity contribution >= 4 is 15.9 Å². The van der Waals surface area contributed by atoms with E-state index in [4.69, 9.17) is 0 Å². The molecule has 1 aliphatic carbocycles. The Morgan fingerprint density at radius 3 is 2.27 bits per heavy atom. The quantitative estimate of drug-likeness (QED) is 0.720. The summed E-state index contributed by atoms with van der Waals surface area (Å²) in [7, 11) is -3.54. The fourth-order valence-corrected chi connectivity index (χ4v) is 3.53. The van der Waals surface area contributed by atoms with Gasteiger partial charge in [0.2, 0.25) is 0 Å². The van der Waals surface area contributed by atoms with Crippen molar-refractivity contribution < 1.29 is 18.3 Å². The zero-order chi connectivity index (χ0) is 11.5. The predicted molar refractivity (Wildman–Crippen MR) is 53.5 cm³/mol. The molecule has 5 nitrogen and oxygen atoms in total. The number of amides is 1. The number of hydrogen-bond donors (Lipinski definition) is 1. The maximum Gasteiger partial charge on any atom is 0.258 e. The summed E-state index contributed by atoms with van der Waals surface area (Å²) in [5.74, 6) is -0.414. The van der Waals surface area contributed by atoms with Crippen LogP contribution >= 0.6 is 0 Å². The Balaban J connectivity index is 2.17. The summed E-state index contributed by atoms with van der Waals surface area (Å²) in [6.07, 6.45) is 2.04. The van der Waals surface area contributed by atoms with Gasteiger partial charge < -0.3 is 5.11 Å². The second kappa shape index (κ2) is 2.74. The van der Waals surface area contributed by atoms with E-state index < -0.39 is 26.3 Å². The number of nitrogens with zero attached hydrogens (tertiary/aromatic N) is 1. The van der Waals surface area contributed by atoms with Crippen molar-refractivity contribution in [2.45, 2.75) is 43.5 Å². The molecule has 0 radical (unpaired) electrons. The molecule has 1 amide bonds. The van der Waals surface area contributed by atoms with Gasteiger partial charge in [-0.15, -0.1) is 0 Å². The minimum absolute atomic E-state index is 0.0718. The van der Waals surface area contributed by atoms with Crippen LogP contribution in [0.25, 0.3) is 0 Å². The molecule has 1 saturated carbocycles. The molecule has 15 heavy (non-hydrogen) atoms. The molecule has 1 N–H and O–H groups in total. The third kappa shape index (κ3) is 1.24. The van der Waals surface area contributed by atoms with Gasteiger partial charge >= 0.3 is 0 Å². The van der Waals surface area contributed by atoms with Crippen LogP contribution in [-0.4, -0.2) is 40.6 Å². The molecular formula is C9H15NO4S. The normalized spacial score (nSPS) is 30.6. The van der Waals surface area contributed by atoms with Crippen LogP contribution in [0.15, 0.2) is 0 Å². The number of carbonyl (C=O) groups is 1. The standard InChI is InChI=1S/C9H15NO4S/c1-8(2)7(11)10(15(8,13)14)6-9(12)4-3-5-9/h12H,3-6H2,1-2H3. The third-order valence-corrected chi connectivity index (χ3v) is 5.74. The van der Waals surface area contributed by atoms with E-state index in [1.165, 1.54) is 13.8 Å². The summed E-state index contributed by atoms with van der Waals surface area (Å²) in [5.41, 5.74) is -0.973. The molecule has 2 fully saturated rings. The summed E-state index contributed by atoms with van der Waals surface area (Å²) in [5, 5.41) is 9.81. The highest BCUT2D eigenvalue weighted by Gasteiger charge is 2.61. The van der Waals surface area contributed by atoms with Crippen molar-refractivity contribution in [3.8, 4) is 0 Å². The first-order valence-corrected chi connectivity index (χ1v) is 6.44. The van der Waals surface area contributed by atoms with Gasteiger partial charge in [-0.3, -0.25) is 4.79 Å². The lowest BCUT2D eigenvalue weighted by Crippen LogP contribution is -2.70. The van der Waals surface area contributed by atoms with Crippen molar-refractivity contribution in [2.24, 2.45) is 0 Å². The second-order valence-electron chi connectivity index (χ2n) is 4.91. The molecule has 0 unspecified atom stereocenters. The van der Waals surface area contributed by atoms with Gasteiger partial charge in [-0.05, 0) is 33.1 Å². The minimum Gasteiger partial charge on any atom is -0.388 e. The SMILES string of the molecule is CC1(C)C(=O)N(CC2(O)CCC2)S1(=O)=O. The van der Waals surface area contributed by atoms with Crippen LogP contribution in [0.2, 0.25) is 0 Å². The summed E-state index contributed by atoms with van der Waals surface area (Å²) >= 11 is 0. The molecule has 1 saturated heterocycles. The maximum atomic E-state index is 11.7. The third-order valence-electron chi connectivity index (χ3n) is 3.40. The minimum atomic E-state index is -3.54. The van der Waals surface area contributed by atoms with Crippen LogP contribution in [0, 0.1) is 0 Å². The molecule has 86 valence electrons. The summed E-state index contributed by atoms with van der Waals surface area (Å²) in [4.78, 5) is 11.6. The van der Waals surface area contributed by atoms with Crippen molar-refractivity contribution in [1.82, 2.24) is 4.31 Å². The summed E-state index contributed by atoms with van der Waals surface area (Å²) < 4.78 is 22.9. The van der Waals surface area contributed by atoms with Crippen LogP contribution in [0.5, 0.6) is 0 Å². The molecule has 0 aromatic heterocycles. The van der Waals surface area contributed by atoms with Gasteiger partial charge in [-0.2, -0.15) is 0 Å². The number of hydrogen-bond acceptors (Lipinski definition) is 4. The number of rotatable bonds is 2. The molecule has 2 rings (SSSR count). The van der Waals surface area contributed by atoms with Crippen molar-refractivity contribution in [1.29, 1.82) is 0 Å². The molecule has 0 spiro atoms. The van der Waals surface area contributed by atoms with Crippen molar-refractivity contribution in [2.75, 3.05) is 6.54 Å². The van der Waals surface area contributed by atoms with Gasteiger partial charge in [0, 0.05) is 0 Å². The molecule has 1 aliphatic heterocycles. The first-order valence-electron chi connectivity index (χ1n) is 5.00. The fraction of sp³-hybridized carbons (Fsp3) is 0.889. The lowest BCUT2D eigenvalue weighted by molar-refractivity contribution is -0.137. The molecule has 0 atom stereocenters. The van der Waals surface area contributed by atoms with E-state index in [1.807, 2.05) is 0 Å². The highest BCUT2D eigenvalue weighted by molar-refractivity contribution is 7.94. The molecule has 6 heteroatoms. The number of carbonyl (C=O) groups excluding carboxylic acids is 1. The Kier molecular flexibility index (Phi) is 1.98. The molecule has 0 aromatic rings. The zero-order valence-corrected chi connectivity index (χ0v) is 9.67. The van der Waals surface area contributed by atoms with Gasteiger partial charge in [0.05, 0.1) is 12.1 Å². The van der Waals surface area contributed by atoms with Crippen LogP contribution in [0.4, 0.5) is 0 Å². The number of aliphatic hydroxyl groups is 1. The lowest BCUT2D eigenvalue weighted by Gasteiger charge is -2.48. The molecule has 1 heterocycles. The van der Waals surface area contributed by atoms with E-state index in [-0.39, 0.29) is 6.54 Å². The second-order valence-corrected chi connectivity index (χ2v) is 7.32. The number of β-amino-alcohol motifs (C(OH)–C–C–N with tert-alkyl or cyclic N) is 1. The molecule has 0 bridgehead atoms. The molecule has 2 aliphatic rings. The largest absolute Gasteiger partial charge is 0.388 e. The van der Waals surface area contributed by atoms with E-state index in [0.717, 1.165) is 10.7 Å². The van der Waals surface area contributed by atoms with Gasteiger partial charge in [-0.1, -0.05) is 0 Å². The van der Waals surface area contributed by atoms with E-state index in [9.17, 15) is 18.3 Å². The monoisotopic (exact) mass is 233 g/mol. The Labute approximate surface area is 89.1 Å². The Morgan fingerprint density at radius 1 is 1.40 bits per heavy atom. The van der Waals surface area contributed by atoms with Crippen LogP contribution < -0.4 is 0 Å². The summed E-state index contributed by atoms with van der Waals surface area (Å²) in [6, 6.07) is 0. The number of sulfonamides is 1.